The number of rotatable bonds is 4. The van der Waals surface area contributed by atoms with E-state index < -0.39 is 0 Å². The Labute approximate surface area is 103 Å². The maximum atomic E-state index is 11.3. The van der Waals surface area contributed by atoms with Gasteiger partial charge in [0, 0.05) is 6.54 Å². The van der Waals surface area contributed by atoms with Gasteiger partial charge in [0.1, 0.15) is 6.04 Å². The molecule has 1 atom stereocenters. The minimum absolute atomic E-state index is 0.230. The summed E-state index contributed by atoms with van der Waals surface area (Å²) in [5, 5.41) is 3.16. The van der Waals surface area contributed by atoms with Gasteiger partial charge in [-0.15, -0.1) is 0 Å². The Morgan fingerprint density at radius 2 is 1.82 bits per heavy atom. The highest BCUT2D eigenvalue weighted by atomic mass is 16.5. The summed E-state index contributed by atoms with van der Waals surface area (Å²) in [4.78, 5) is 11.3. The van der Waals surface area contributed by atoms with Gasteiger partial charge in [0.05, 0.1) is 7.11 Å². The third kappa shape index (κ3) is 3.56. The molecule has 3 heteroatoms. The second kappa shape index (κ2) is 5.82. The molecule has 0 aliphatic heterocycles. The van der Waals surface area contributed by atoms with Crippen molar-refractivity contribution < 1.29 is 9.53 Å². The van der Waals surface area contributed by atoms with E-state index in [-0.39, 0.29) is 12.0 Å². The lowest BCUT2D eigenvalue weighted by molar-refractivity contribution is -0.142. The molecular weight excluding hydrogens is 214 g/mol. The average Bonchev–Trinajstić information content (AvgIpc) is 2.30. The Hall–Kier alpha value is -1.35. The van der Waals surface area contributed by atoms with Crippen LogP contribution in [0.3, 0.4) is 0 Å². The van der Waals surface area contributed by atoms with Crippen LogP contribution in [-0.2, 0) is 16.1 Å². The largest absolute Gasteiger partial charge is 0.468 e. The first-order valence-corrected chi connectivity index (χ1v) is 5.83. The number of nitrogens with one attached hydrogen (secondary N) is 1. The molecule has 17 heavy (non-hydrogen) atoms. The van der Waals surface area contributed by atoms with Gasteiger partial charge in [-0.25, -0.2) is 0 Å². The molecular formula is C14H21NO2. The van der Waals surface area contributed by atoms with Crippen molar-refractivity contribution in [3.8, 4) is 0 Å². The molecule has 0 aliphatic carbocycles. The van der Waals surface area contributed by atoms with E-state index in [0.29, 0.717) is 6.54 Å². The number of carbonyl (C=O) groups is 1. The van der Waals surface area contributed by atoms with Crippen LogP contribution in [0.15, 0.2) is 12.1 Å². The Morgan fingerprint density at radius 3 is 2.41 bits per heavy atom. The van der Waals surface area contributed by atoms with Crippen molar-refractivity contribution in [2.24, 2.45) is 0 Å². The van der Waals surface area contributed by atoms with Crippen LogP contribution in [0.4, 0.5) is 0 Å². The Kier molecular flexibility index (Phi) is 4.70. The molecule has 0 radical (unpaired) electrons. The van der Waals surface area contributed by atoms with E-state index in [0.717, 1.165) is 0 Å². The minimum Gasteiger partial charge on any atom is -0.468 e. The lowest BCUT2D eigenvalue weighted by atomic mass is 10.0. The van der Waals surface area contributed by atoms with Gasteiger partial charge in [-0.1, -0.05) is 12.1 Å². The van der Waals surface area contributed by atoms with Gasteiger partial charge < -0.3 is 10.1 Å². The number of hydrogen-bond donors (Lipinski definition) is 1. The van der Waals surface area contributed by atoms with Gasteiger partial charge in [0.25, 0.3) is 0 Å². The molecule has 0 fully saturated rings. The zero-order valence-corrected chi connectivity index (χ0v) is 11.3. The van der Waals surface area contributed by atoms with E-state index >= 15 is 0 Å². The standard InChI is InChI=1S/C14H21NO2/c1-9-6-11(3)13(7-10(9)2)8-15-12(4)14(16)17-5/h6-7,12,15H,8H2,1-5H3/t12-/m0/s1. The van der Waals surface area contributed by atoms with Gasteiger partial charge >= 0.3 is 5.97 Å². The van der Waals surface area contributed by atoms with Crippen LogP contribution >= 0.6 is 0 Å². The molecule has 0 bridgehead atoms. The Balaban J connectivity index is 2.70. The van der Waals surface area contributed by atoms with Crippen molar-refractivity contribution in [2.45, 2.75) is 40.3 Å². The van der Waals surface area contributed by atoms with E-state index in [1.54, 1.807) is 0 Å². The number of aryl methyl sites for hydroxylation is 3. The van der Waals surface area contributed by atoms with Gasteiger partial charge in [0.2, 0.25) is 0 Å². The van der Waals surface area contributed by atoms with Crippen molar-refractivity contribution in [3.63, 3.8) is 0 Å². The Morgan fingerprint density at radius 1 is 1.24 bits per heavy atom. The lowest BCUT2D eigenvalue weighted by Crippen LogP contribution is -2.34. The van der Waals surface area contributed by atoms with Gasteiger partial charge in [-0.2, -0.15) is 0 Å². The zero-order valence-electron chi connectivity index (χ0n) is 11.3. The topological polar surface area (TPSA) is 38.3 Å². The second-order valence-electron chi connectivity index (χ2n) is 4.49. The fourth-order valence-electron chi connectivity index (χ4n) is 1.73. The fraction of sp³-hybridized carbons (Fsp3) is 0.500. The molecule has 1 rings (SSSR count). The van der Waals surface area contributed by atoms with Crippen LogP contribution in [0.5, 0.6) is 0 Å². The number of carbonyl (C=O) groups excluding carboxylic acids is 1. The smallest absolute Gasteiger partial charge is 0.322 e. The normalized spacial score (nSPS) is 12.3. The number of methoxy groups -OCH3 is 1. The molecule has 3 nitrogen and oxygen atoms in total. The summed E-state index contributed by atoms with van der Waals surface area (Å²) >= 11 is 0. The number of esters is 1. The van der Waals surface area contributed by atoms with Crippen molar-refractivity contribution in [3.05, 3.63) is 34.4 Å². The third-order valence-electron chi connectivity index (χ3n) is 3.11. The summed E-state index contributed by atoms with van der Waals surface area (Å²) in [6.45, 7) is 8.79. The summed E-state index contributed by atoms with van der Waals surface area (Å²) < 4.78 is 4.67. The first-order valence-electron chi connectivity index (χ1n) is 5.83. The predicted octanol–water partition coefficient (Wildman–Crippen LogP) is 2.26. The summed E-state index contributed by atoms with van der Waals surface area (Å²) in [7, 11) is 1.40. The zero-order chi connectivity index (χ0) is 13.0. The lowest BCUT2D eigenvalue weighted by Gasteiger charge is -2.14. The highest BCUT2D eigenvalue weighted by molar-refractivity contribution is 5.75. The molecule has 0 spiro atoms. The molecule has 1 aromatic rings. The second-order valence-corrected chi connectivity index (χ2v) is 4.49. The van der Waals surface area contributed by atoms with E-state index in [1.807, 2.05) is 6.92 Å². The van der Waals surface area contributed by atoms with Crippen molar-refractivity contribution in [1.82, 2.24) is 5.32 Å². The average molecular weight is 235 g/mol. The summed E-state index contributed by atoms with van der Waals surface area (Å²) in [6.07, 6.45) is 0. The Bertz CT molecular complexity index is 413. The van der Waals surface area contributed by atoms with Crippen LogP contribution in [0.25, 0.3) is 0 Å². The van der Waals surface area contributed by atoms with Crippen LogP contribution in [0, 0.1) is 20.8 Å². The number of ether oxygens (including phenoxy) is 1. The number of benzene rings is 1. The molecule has 1 aromatic carbocycles. The van der Waals surface area contributed by atoms with E-state index in [4.69, 9.17) is 0 Å². The highest BCUT2D eigenvalue weighted by Crippen LogP contribution is 2.15. The van der Waals surface area contributed by atoms with Crippen LogP contribution < -0.4 is 5.32 Å². The highest BCUT2D eigenvalue weighted by Gasteiger charge is 2.12. The molecule has 94 valence electrons. The molecule has 0 unspecified atom stereocenters. The maximum absolute atomic E-state index is 11.3. The quantitative estimate of drug-likeness (QED) is 0.814. The van der Waals surface area contributed by atoms with E-state index in [9.17, 15) is 4.79 Å². The van der Waals surface area contributed by atoms with Crippen LogP contribution in [0.2, 0.25) is 0 Å². The van der Waals surface area contributed by atoms with Gasteiger partial charge in [0.15, 0.2) is 0 Å². The van der Waals surface area contributed by atoms with Crippen LogP contribution in [-0.4, -0.2) is 19.1 Å². The molecule has 0 saturated heterocycles. The van der Waals surface area contributed by atoms with Gasteiger partial charge in [-0.3, -0.25) is 4.79 Å². The number of hydrogen-bond acceptors (Lipinski definition) is 3. The summed E-state index contributed by atoms with van der Waals surface area (Å²) in [5.41, 5.74) is 5.05. The van der Waals surface area contributed by atoms with Gasteiger partial charge in [-0.05, 0) is 49.9 Å². The van der Waals surface area contributed by atoms with Crippen LogP contribution in [0.1, 0.15) is 29.2 Å². The first kappa shape index (κ1) is 13.7. The fourth-order valence-corrected chi connectivity index (χ4v) is 1.73. The van der Waals surface area contributed by atoms with E-state index in [2.05, 4.69) is 43.0 Å². The monoisotopic (exact) mass is 235 g/mol. The molecule has 0 aromatic heterocycles. The first-order chi connectivity index (χ1) is 7.95. The summed E-state index contributed by atoms with van der Waals surface area (Å²) in [5.74, 6) is -0.230. The molecule has 1 N–H and O–H groups in total. The maximum Gasteiger partial charge on any atom is 0.322 e. The minimum atomic E-state index is -0.277. The third-order valence-corrected chi connectivity index (χ3v) is 3.11. The molecule has 0 aliphatic rings. The van der Waals surface area contributed by atoms with Crippen molar-refractivity contribution >= 4 is 5.97 Å². The van der Waals surface area contributed by atoms with E-state index in [1.165, 1.54) is 29.4 Å². The SMILES string of the molecule is COC(=O)[C@H](C)NCc1cc(C)c(C)cc1C. The van der Waals surface area contributed by atoms with Crippen molar-refractivity contribution in [2.75, 3.05) is 7.11 Å². The molecule has 0 amide bonds. The molecule has 0 heterocycles. The molecule has 0 saturated carbocycles. The summed E-state index contributed by atoms with van der Waals surface area (Å²) in [6, 6.07) is 4.07. The predicted molar refractivity (Wildman–Crippen MR) is 69.0 cm³/mol. The van der Waals surface area contributed by atoms with Crippen molar-refractivity contribution in [1.29, 1.82) is 0 Å².